The lowest BCUT2D eigenvalue weighted by Crippen LogP contribution is -2.49. The fourth-order valence-corrected chi connectivity index (χ4v) is 3.30. The molecule has 106 valence electrons. The summed E-state index contributed by atoms with van der Waals surface area (Å²) in [6, 6.07) is 10.7. The lowest BCUT2D eigenvalue weighted by atomic mass is 9.77. The number of rotatable bonds is 3. The molecule has 2 rings (SSSR count). The zero-order valence-corrected chi connectivity index (χ0v) is 12.7. The van der Waals surface area contributed by atoms with Gasteiger partial charge in [0.25, 0.3) is 0 Å². The van der Waals surface area contributed by atoms with E-state index >= 15 is 0 Å². The Bertz CT molecular complexity index is 399. The van der Waals surface area contributed by atoms with Crippen molar-refractivity contribution in [3.8, 4) is 0 Å². The van der Waals surface area contributed by atoms with E-state index in [4.69, 9.17) is 5.73 Å². The Kier molecular flexibility index (Phi) is 4.32. The molecule has 2 nitrogen and oxygen atoms in total. The van der Waals surface area contributed by atoms with Gasteiger partial charge in [0.2, 0.25) is 0 Å². The molecular weight excluding hydrogens is 232 g/mol. The van der Waals surface area contributed by atoms with Gasteiger partial charge < -0.3 is 5.73 Å². The van der Waals surface area contributed by atoms with E-state index in [1.165, 1.54) is 12.0 Å². The van der Waals surface area contributed by atoms with Crippen LogP contribution in [0, 0.1) is 5.41 Å². The van der Waals surface area contributed by atoms with Crippen molar-refractivity contribution in [2.45, 2.75) is 52.1 Å². The van der Waals surface area contributed by atoms with Gasteiger partial charge in [-0.25, -0.2) is 0 Å². The van der Waals surface area contributed by atoms with Crippen LogP contribution in [0.3, 0.4) is 0 Å². The second kappa shape index (κ2) is 5.64. The van der Waals surface area contributed by atoms with E-state index in [9.17, 15) is 0 Å². The summed E-state index contributed by atoms with van der Waals surface area (Å²) in [6.45, 7) is 10.1. The normalized spacial score (nSPS) is 28.0. The van der Waals surface area contributed by atoms with Gasteiger partial charge in [0.15, 0.2) is 0 Å². The molecule has 1 aliphatic rings. The number of nitrogens with two attached hydrogens (primary N) is 1. The van der Waals surface area contributed by atoms with Crippen molar-refractivity contribution in [3.05, 3.63) is 35.9 Å². The maximum atomic E-state index is 6.64. The topological polar surface area (TPSA) is 29.3 Å². The molecule has 1 unspecified atom stereocenters. The molecule has 1 atom stereocenters. The van der Waals surface area contributed by atoms with E-state index in [0.29, 0.717) is 5.41 Å². The largest absolute Gasteiger partial charge is 0.324 e. The predicted octanol–water partition coefficient (Wildman–Crippen LogP) is 3.42. The van der Waals surface area contributed by atoms with Crippen LogP contribution >= 0.6 is 0 Å². The molecule has 1 aliphatic heterocycles. The first-order chi connectivity index (χ1) is 8.92. The third-order valence-corrected chi connectivity index (χ3v) is 4.43. The standard InChI is InChI=1S/C17H28N2/c1-4-17(18)13-16(2,3)10-11-19(14-17)12-15-8-6-5-7-9-15/h5-9H,4,10-14,18H2,1-3H3. The number of nitrogens with zero attached hydrogens (tertiary/aromatic N) is 1. The molecule has 0 radical (unpaired) electrons. The van der Waals surface area contributed by atoms with E-state index in [2.05, 4.69) is 56.0 Å². The van der Waals surface area contributed by atoms with Crippen LogP contribution in [0.4, 0.5) is 0 Å². The average molecular weight is 260 g/mol. The third-order valence-electron chi connectivity index (χ3n) is 4.43. The maximum absolute atomic E-state index is 6.64. The molecule has 1 aromatic rings. The minimum atomic E-state index is -0.0330. The van der Waals surface area contributed by atoms with Gasteiger partial charge in [-0.2, -0.15) is 0 Å². The Labute approximate surface area is 118 Å². The van der Waals surface area contributed by atoms with Gasteiger partial charge in [-0.15, -0.1) is 0 Å². The van der Waals surface area contributed by atoms with Crippen LogP contribution < -0.4 is 5.73 Å². The molecule has 1 fully saturated rings. The van der Waals surface area contributed by atoms with Crippen LogP contribution in [0.1, 0.15) is 45.6 Å². The van der Waals surface area contributed by atoms with Gasteiger partial charge in [-0.1, -0.05) is 51.1 Å². The molecule has 1 saturated heterocycles. The first-order valence-electron chi connectivity index (χ1n) is 7.48. The Balaban J connectivity index is 2.09. The summed E-state index contributed by atoms with van der Waals surface area (Å²) in [5, 5.41) is 0. The molecule has 0 bridgehead atoms. The Morgan fingerprint density at radius 2 is 1.89 bits per heavy atom. The molecule has 1 aromatic carbocycles. The molecule has 2 heteroatoms. The van der Waals surface area contributed by atoms with Gasteiger partial charge >= 0.3 is 0 Å². The van der Waals surface area contributed by atoms with Gasteiger partial charge in [-0.05, 0) is 36.8 Å². The fraction of sp³-hybridized carbons (Fsp3) is 0.647. The number of likely N-dealkylation sites (tertiary alicyclic amines) is 1. The SMILES string of the molecule is CCC1(N)CN(Cc2ccccc2)CCC(C)(C)C1. The van der Waals surface area contributed by atoms with Crippen molar-refractivity contribution in [1.82, 2.24) is 4.90 Å². The molecule has 0 saturated carbocycles. The van der Waals surface area contributed by atoms with Crippen molar-refractivity contribution in [1.29, 1.82) is 0 Å². The minimum absolute atomic E-state index is 0.0330. The summed E-state index contributed by atoms with van der Waals surface area (Å²) < 4.78 is 0. The summed E-state index contributed by atoms with van der Waals surface area (Å²) in [4.78, 5) is 2.54. The Morgan fingerprint density at radius 1 is 1.21 bits per heavy atom. The quantitative estimate of drug-likeness (QED) is 0.902. The molecule has 0 aromatic heterocycles. The third kappa shape index (κ3) is 4.05. The highest BCUT2D eigenvalue weighted by molar-refractivity contribution is 5.14. The van der Waals surface area contributed by atoms with Gasteiger partial charge in [0, 0.05) is 18.6 Å². The van der Waals surface area contributed by atoms with Gasteiger partial charge in [0.1, 0.15) is 0 Å². The summed E-state index contributed by atoms with van der Waals surface area (Å²) >= 11 is 0. The second-order valence-electron chi connectivity index (χ2n) is 7.00. The molecule has 0 aliphatic carbocycles. The van der Waals surface area contributed by atoms with Crippen LogP contribution in [0.25, 0.3) is 0 Å². The molecule has 0 amide bonds. The monoisotopic (exact) mass is 260 g/mol. The molecular formula is C17H28N2. The molecule has 1 heterocycles. The minimum Gasteiger partial charge on any atom is -0.324 e. The second-order valence-corrected chi connectivity index (χ2v) is 7.00. The molecule has 19 heavy (non-hydrogen) atoms. The summed E-state index contributed by atoms with van der Waals surface area (Å²) in [6.07, 6.45) is 3.42. The van der Waals surface area contributed by atoms with Gasteiger partial charge in [0.05, 0.1) is 0 Å². The number of benzene rings is 1. The van der Waals surface area contributed by atoms with E-state index in [0.717, 1.165) is 32.5 Å². The predicted molar refractivity (Wildman–Crippen MR) is 81.9 cm³/mol. The van der Waals surface area contributed by atoms with Crippen molar-refractivity contribution in [2.24, 2.45) is 11.1 Å². The van der Waals surface area contributed by atoms with Crippen LogP contribution in [0.15, 0.2) is 30.3 Å². The molecule has 0 spiro atoms. The van der Waals surface area contributed by atoms with E-state index in [1.54, 1.807) is 0 Å². The first kappa shape index (κ1) is 14.5. The van der Waals surface area contributed by atoms with Crippen molar-refractivity contribution in [3.63, 3.8) is 0 Å². The smallest absolute Gasteiger partial charge is 0.0286 e. The lowest BCUT2D eigenvalue weighted by Gasteiger charge is -2.35. The Hall–Kier alpha value is -0.860. The summed E-state index contributed by atoms with van der Waals surface area (Å²) in [7, 11) is 0. The van der Waals surface area contributed by atoms with E-state index in [1.807, 2.05) is 0 Å². The Morgan fingerprint density at radius 3 is 2.53 bits per heavy atom. The van der Waals surface area contributed by atoms with Crippen molar-refractivity contribution < 1.29 is 0 Å². The van der Waals surface area contributed by atoms with Crippen LogP contribution in [-0.4, -0.2) is 23.5 Å². The van der Waals surface area contributed by atoms with Gasteiger partial charge in [-0.3, -0.25) is 4.90 Å². The summed E-state index contributed by atoms with van der Waals surface area (Å²) in [5.74, 6) is 0. The molecule has 2 N–H and O–H groups in total. The van der Waals surface area contributed by atoms with E-state index in [-0.39, 0.29) is 5.54 Å². The number of hydrogen-bond acceptors (Lipinski definition) is 2. The van der Waals surface area contributed by atoms with Crippen molar-refractivity contribution in [2.75, 3.05) is 13.1 Å². The first-order valence-corrected chi connectivity index (χ1v) is 7.48. The highest BCUT2D eigenvalue weighted by atomic mass is 15.2. The lowest BCUT2D eigenvalue weighted by molar-refractivity contribution is 0.207. The number of hydrogen-bond donors (Lipinski definition) is 1. The van der Waals surface area contributed by atoms with Crippen LogP contribution in [-0.2, 0) is 6.54 Å². The van der Waals surface area contributed by atoms with Crippen molar-refractivity contribution >= 4 is 0 Å². The zero-order valence-electron chi connectivity index (χ0n) is 12.7. The van der Waals surface area contributed by atoms with E-state index < -0.39 is 0 Å². The zero-order chi connectivity index (χ0) is 13.9. The van der Waals surface area contributed by atoms with Crippen LogP contribution in [0.5, 0.6) is 0 Å². The van der Waals surface area contributed by atoms with Crippen LogP contribution in [0.2, 0.25) is 0 Å². The summed E-state index contributed by atoms with van der Waals surface area (Å²) in [5.41, 5.74) is 8.35. The maximum Gasteiger partial charge on any atom is 0.0286 e. The highest BCUT2D eigenvalue weighted by Crippen LogP contribution is 2.35. The average Bonchev–Trinajstić information content (AvgIpc) is 2.47. The highest BCUT2D eigenvalue weighted by Gasteiger charge is 2.36. The fourth-order valence-electron chi connectivity index (χ4n) is 3.30.